The van der Waals surface area contributed by atoms with Gasteiger partial charge < -0.3 is 19.5 Å². The number of ether oxygens (including phenoxy) is 3. The summed E-state index contributed by atoms with van der Waals surface area (Å²) in [6.45, 7) is 0. The summed E-state index contributed by atoms with van der Waals surface area (Å²) in [5.41, 5.74) is 1.18. The Morgan fingerprint density at radius 1 is 0.972 bits per heavy atom. The summed E-state index contributed by atoms with van der Waals surface area (Å²) in [4.78, 5) is 43.1. The summed E-state index contributed by atoms with van der Waals surface area (Å²) in [7, 11) is 4.30. The Morgan fingerprint density at radius 3 is 2.47 bits per heavy atom. The van der Waals surface area contributed by atoms with Gasteiger partial charge in [0.05, 0.1) is 54.9 Å². The molecule has 1 heterocycles. The third kappa shape index (κ3) is 5.03. The number of hydrogen-bond donors (Lipinski definition) is 1. The van der Waals surface area contributed by atoms with Crippen molar-refractivity contribution < 1.29 is 23.8 Å². The first-order chi connectivity index (χ1) is 17.5. The molecule has 0 unspecified atom stereocenters. The van der Waals surface area contributed by atoms with Crippen molar-refractivity contribution in [3.8, 4) is 17.2 Å². The van der Waals surface area contributed by atoms with E-state index in [0.29, 0.717) is 38.9 Å². The number of methoxy groups -OCH3 is 3. The highest BCUT2D eigenvalue weighted by molar-refractivity contribution is 7.99. The molecular weight excluding hydrogens is 482 g/mol. The van der Waals surface area contributed by atoms with Crippen molar-refractivity contribution in [1.82, 2.24) is 9.55 Å². The van der Waals surface area contributed by atoms with Crippen LogP contribution >= 0.6 is 11.8 Å². The first kappa shape index (κ1) is 24.8. The quantitative estimate of drug-likeness (QED) is 0.218. The molecule has 184 valence electrons. The van der Waals surface area contributed by atoms with E-state index >= 15 is 0 Å². The van der Waals surface area contributed by atoms with Crippen LogP contribution in [0.1, 0.15) is 10.4 Å². The number of fused-ring (bicyclic) bond motifs is 1. The Bertz CT molecular complexity index is 1500. The number of nitrogens with one attached hydrogen (secondary N) is 1. The number of thioether (sulfide) groups is 1. The number of carbonyl (C=O) groups excluding carboxylic acids is 2. The first-order valence-corrected chi connectivity index (χ1v) is 11.8. The number of nitrogens with zero attached hydrogens (tertiary/aromatic N) is 2. The minimum absolute atomic E-state index is 0.0768. The number of hydrogen-bond acceptors (Lipinski definition) is 8. The molecule has 0 saturated carbocycles. The van der Waals surface area contributed by atoms with Gasteiger partial charge in [-0.1, -0.05) is 36.0 Å². The zero-order valence-corrected chi connectivity index (χ0v) is 20.6. The SMILES string of the molecule is COC(=O)c1ccccc1NC(=O)CSc1nc2ccccc2c(=O)n1-c1cc(OC)ccc1OC. The van der Waals surface area contributed by atoms with Crippen LogP contribution in [0.5, 0.6) is 11.5 Å². The fourth-order valence-electron chi connectivity index (χ4n) is 3.59. The zero-order chi connectivity index (χ0) is 25.7. The van der Waals surface area contributed by atoms with Gasteiger partial charge in [0.1, 0.15) is 11.5 Å². The highest BCUT2D eigenvalue weighted by Gasteiger charge is 2.19. The minimum atomic E-state index is -0.561. The third-order valence-corrected chi connectivity index (χ3v) is 6.25. The van der Waals surface area contributed by atoms with E-state index in [1.54, 1.807) is 66.7 Å². The summed E-state index contributed by atoms with van der Waals surface area (Å²) in [5.74, 6) is -0.0593. The van der Waals surface area contributed by atoms with Crippen LogP contribution in [-0.4, -0.2) is 48.5 Å². The third-order valence-electron chi connectivity index (χ3n) is 5.31. The summed E-state index contributed by atoms with van der Waals surface area (Å²) in [6, 6.07) is 18.6. The molecular formula is C26H23N3O6S. The molecule has 0 aliphatic rings. The lowest BCUT2D eigenvalue weighted by Crippen LogP contribution is -2.23. The fourth-order valence-corrected chi connectivity index (χ4v) is 4.40. The smallest absolute Gasteiger partial charge is 0.339 e. The van der Waals surface area contributed by atoms with Gasteiger partial charge in [-0.25, -0.2) is 9.78 Å². The second kappa shape index (κ2) is 11.0. The lowest BCUT2D eigenvalue weighted by molar-refractivity contribution is -0.113. The van der Waals surface area contributed by atoms with Gasteiger partial charge in [0, 0.05) is 6.07 Å². The molecule has 1 amide bonds. The van der Waals surface area contributed by atoms with Crippen molar-refractivity contribution in [2.45, 2.75) is 5.16 Å². The maximum atomic E-state index is 13.6. The van der Waals surface area contributed by atoms with E-state index in [4.69, 9.17) is 14.2 Å². The summed E-state index contributed by atoms with van der Waals surface area (Å²) in [6.07, 6.45) is 0. The van der Waals surface area contributed by atoms with Crippen LogP contribution in [-0.2, 0) is 9.53 Å². The van der Waals surface area contributed by atoms with Crippen molar-refractivity contribution in [3.05, 3.63) is 82.6 Å². The fraction of sp³-hybridized carbons (Fsp3) is 0.154. The van der Waals surface area contributed by atoms with Gasteiger partial charge in [-0.15, -0.1) is 0 Å². The largest absolute Gasteiger partial charge is 0.497 e. The lowest BCUT2D eigenvalue weighted by Gasteiger charge is -2.17. The van der Waals surface area contributed by atoms with Crippen LogP contribution in [0.4, 0.5) is 5.69 Å². The van der Waals surface area contributed by atoms with E-state index < -0.39 is 5.97 Å². The number of rotatable bonds is 8. The number of anilines is 1. The molecule has 0 bridgehead atoms. The topological polar surface area (TPSA) is 109 Å². The molecule has 3 aromatic carbocycles. The molecule has 0 aliphatic heterocycles. The number of para-hydroxylation sites is 2. The second-order valence-corrected chi connectivity index (χ2v) is 8.41. The molecule has 4 rings (SSSR count). The van der Waals surface area contributed by atoms with Crippen molar-refractivity contribution in [3.63, 3.8) is 0 Å². The van der Waals surface area contributed by atoms with Crippen LogP contribution in [0.2, 0.25) is 0 Å². The van der Waals surface area contributed by atoms with Gasteiger partial charge >= 0.3 is 5.97 Å². The Labute approximate surface area is 211 Å². The van der Waals surface area contributed by atoms with Crippen LogP contribution in [0, 0.1) is 0 Å². The number of aromatic nitrogens is 2. The molecule has 0 atom stereocenters. The average molecular weight is 506 g/mol. The monoisotopic (exact) mass is 505 g/mol. The molecule has 36 heavy (non-hydrogen) atoms. The zero-order valence-electron chi connectivity index (χ0n) is 19.8. The highest BCUT2D eigenvalue weighted by atomic mass is 32.2. The van der Waals surface area contributed by atoms with Crippen molar-refractivity contribution in [1.29, 1.82) is 0 Å². The Morgan fingerprint density at radius 2 is 1.72 bits per heavy atom. The molecule has 10 heteroatoms. The normalized spacial score (nSPS) is 10.6. The minimum Gasteiger partial charge on any atom is -0.497 e. The van der Waals surface area contributed by atoms with Crippen LogP contribution < -0.4 is 20.3 Å². The second-order valence-electron chi connectivity index (χ2n) is 7.46. The Hall–Kier alpha value is -4.31. The van der Waals surface area contributed by atoms with E-state index in [1.165, 1.54) is 25.9 Å². The van der Waals surface area contributed by atoms with Crippen LogP contribution in [0.25, 0.3) is 16.6 Å². The number of carbonyl (C=O) groups is 2. The van der Waals surface area contributed by atoms with Gasteiger partial charge in [0.25, 0.3) is 5.56 Å². The predicted molar refractivity (Wildman–Crippen MR) is 138 cm³/mol. The molecule has 0 aliphatic carbocycles. The van der Waals surface area contributed by atoms with Gasteiger partial charge in [0.2, 0.25) is 5.91 Å². The maximum absolute atomic E-state index is 13.6. The summed E-state index contributed by atoms with van der Waals surface area (Å²) >= 11 is 1.08. The van der Waals surface area contributed by atoms with E-state index in [0.717, 1.165) is 11.8 Å². The van der Waals surface area contributed by atoms with Crippen molar-refractivity contribution in [2.75, 3.05) is 32.4 Å². The molecule has 1 aromatic heterocycles. The molecule has 0 spiro atoms. The van der Waals surface area contributed by atoms with E-state index in [1.807, 2.05) is 0 Å². The van der Waals surface area contributed by atoms with Gasteiger partial charge in [0.15, 0.2) is 5.16 Å². The molecule has 1 N–H and O–H groups in total. The van der Waals surface area contributed by atoms with Gasteiger partial charge in [-0.05, 0) is 36.4 Å². The maximum Gasteiger partial charge on any atom is 0.339 e. The predicted octanol–water partition coefficient (Wildman–Crippen LogP) is 3.92. The highest BCUT2D eigenvalue weighted by Crippen LogP contribution is 2.30. The Kier molecular flexibility index (Phi) is 7.55. The van der Waals surface area contributed by atoms with Gasteiger partial charge in [-0.2, -0.15) is 0 Å². The summed E-state index contributed by atoms with van der Waals surface area (Å²) in [5, 5.41) is 3.44. The lowest BCUT2D eigenvalue weighted by atomic mass is 10.2. The first-order valence-electron chi connectivity index (χ1n) is 10.8. The van der Waals surface area contributed by atoms with Crippen LogP contribution in [0.15, 0.2) is 76.7 Å². The van der Waals surface area contributed by atoms with Gasteiger partial charge in [-0.3, -0.25) is 14.2 Å². The van der Waals surface area contributed by atoms with E-state index in [9.17, 15) is 14.4 Å². The molecule has 0 saturated heterocycles. The van der Waals surface area contributed by atoms with E-state index in [-0.39, 0.29) is 22.8 Å². The van der Waals surface area contributed by atoms with Crippen molar-refractivity contribution in [2.24, 2.45) is 0 Å². The molecule has 0 radical (unpaired) electrons. The molecule has 9 nitrogen and oxygen atoms in total. The van der Waals surface area contributed by atoms with E-state index in [2.05, 4.69) is 10.3 Å². The number of esters is 1. The van der Waals surface area contributed by atoms with Crippen LogP contribution in [0.3, 0.4) is 0 Å². The Balaban J connectivity index is 1.72. The summed E-state index contributed by atoms with van der Waals surface area (Å²) < 4.78 is 17.0. The molecule has 4 aromatic rings. The number of amides is 1. The number of benzene rings is 3. The molecule has 0 fully saturated rings. The average Bonchev–Trinajstić information content (AvgIpc) is 2.91. The standard InChI is InChI=1S/C26H23N3O6S/c1-33-16-12-13-22(34-2)21(14-16)29-24(31)17-8-4-6-10-19(17)28-26(29)36-15-23(30)27-20-11-7-5-9-18(20)25(32)35-3/h4-14H,15H2,1-3H3,(H,27,30). The van der Waals surface area contributed by atoms with Crippen molar-refractivity contribution >= 4 is 40.2 Å².